The Morgan fingerprint density at radius 2 is 1.86 bits per heavy atom. The lowest BCUT2D eigenvalue weighted by atomic mass is 9.80. The molecule has 5 heteroatoms. The van der Waals surface area contributed by atoms with E-state index in [9.17, 15) is 4.79 Å². The summed E-state index contributed by atoms with van der Waals surface area (Å²) in [6.07, 6.45) is 6.06. The molecule has 1 aliphatic carbocycles. The highest BCUT2D eigenvalue weighted by Gasteiger charge is 2.34. The Morgan fingerprint density at radius 3 is 2.43 bits per heavy atom. The fourth-order valence-electron chi connectivity index (χ4n) is 3.04. The van der Waals surface area contributed by atoms with Crippen LogP contribution in [0.5, 0.6) is 0 Å². The molecule has 21 heavy (non-hydrogen) atoms. The molecule has 1 saturated carbocycles. The van der Waals surface area contributed by atoms with E-state index in [0.717, 1.165) is 12.8 Å². The Morgan fingerprint density at radius 1 is 1.24 bits per heavy atom. The fourth-order valence-corrected chi connectivity index (χ4v) is 3.04. The lowest BCUT2D eigenvalue weighted by molar-refractivity contribution is 0.0800. The Balaban J connectivity index is 0.00000220. The summed E-state index contributed by atoms with van der Waals surface area (Å²) in [6.45, 7) is 0.688. The molecule has 1 fully saturated rings. The Labute approximate surface area is 133 Å². The molecule has 2 rings (SSSR count). The Kier molecular flexibility index (Phi) is 6.49. The van der Waals surface area contributed by atoms with Crippen molar-refractivity contribution in [2.45, 2.75) is 37.6 Å². The normalized spacial score (nSPS) is 17.1. The first-order valence-electron chi connectivity index (χ1n) is 7.35. The number of benzene rings is 1. The van der Waals surface area contributed by atoms with E-state index in [-0.39, 0.29) is 23.9 Å². The van der Waals surface area contributed by atoms with Gasteiger partial charge in [-0.25, -0.2) is 0 Å². The van der Waals surface area contributed by atoms with Gasteiger partial charge < -0.3 is 16.0 Å². The molecule has 0 unspecified atom stereocenters. The smallest absolute Gasteiger partial charge is 0.253 e. The van der Waals surface area contributed by atoms with Crippen molar-refractivity contribution in [3.63, 3.8) is 0 Å². The molecule has 118 valence electrons. The summed E-state index contributed by atoms with van der Waals surface area (Å²) in [5, 5.41) is 3.07. The molecule has 0 spiro atoms. The predicted molar refractivity (Wildman–Crippen MR) is 89.9 cm³/mol. The van der Waals surface area contributed by atoms with Gasteiger partial charge in [0.15, 0.2) is 0 Å². The number of likely N-dealkylation sites (N-methyl/N-ethyl adjacent to an activating group) is 1. The van der Waals surface area contributed by atoms with E-state index < -0.39 is 0 Å². The molecule has 1 aromatic rings. The summed E-state index contributed by atoms with van der Waals surface area (Å²) < 4.78 is 0. The van der Waals surface area contributed by atoms with E-state index in [0.29, 0.717) is 17.8 Å². The largest absolute Gasteiger partial charge is 0.398 e. The molecule has 3 N–H and O–H groups in total. The zero-order valence-electron chi connectivity index (χ0n) is 12.9. The second-order valence-corrected chi connectivity index (χ2v) is 5.95. The monoisotopic (exact) mass is 311 g/mol. The van der Waals surface area contributed by atoms with Gasteiger partial charge in [-0.1, -0.05) is 31.4 Å². The lowest BCUT2D eigenvalue weighted by Crippen LogP contribution is -2.53. The van der Waals surface area contributed by atoms with E-state index in [1.54, 1.807) is 12.1 Å². The van der Waals surface area contributed by atoms with Crippen molar-refractivity contribution in [3.8, 4) is 0 Å². The number of halogens is 1. The van der Waals surface area contributed by atoms with Gasteiger partial charge >= 0.3 is 0 Å². The summed E-state index contributed by atoms with van der Waals surface area (Å²) in [5.74, 6) is -0.0742. The van der Waals surface area contributed by atoms with Gasteiger partial charge in [-0.3, -0.25) is 4.79 Å². The molecule has 0 saturated heterocycles. The number of para-hydroxylation sites is 1. The maximum atomic E-state index is 12.3. The first-order chi connectivity index (χ1) is 9.55. The minimum Gasteiger partial charge on any atom is -0.398 e. The molecule has 0 heterocycles. The molecule has 0 aromatic heterocycles. The van der Waals surface area contributed by atoms with Crippen LogP contribution in [0.4, 0.5) is 5.69 Å². The van der Waals surface area contributed by atoms with Gasteiger partial charge in [-0.05, 0) is 39.1 Å². The van der Waals surface area contributed by atoms with E-state index >= 15 is 0 Å². The molecule has 0 bridgehead atoms. The molecule has 0 atom stereocenters. The maximum Gasteiger partial charge on any atom is 0.253 e. The van der Waals surface area contributed by atoms with Gasteiger partial charge in [0.25, 0.3) is 5.91 Å². The van der Waals surface area contributed by atoms with Crippen LogP contribution in [0.15, 0.2) is 24.3 Å². The average molecular weight is 312 g/mol. The number of carbonyl (C=O) groups is 1. The van der Waals surface area contributed by atoms with E-state index in [1.165, 1.54) is 19.3 Å². The molecule has 0 radical (unpaired) electrons. The number of hydrogen-bond acceptors (Lipinski definition) is 3. The van der Waals surface area contributed by atoms with E-state index in [2.05, 4.69) is 24.3 Å². The van der Waals surface area contributed by atoms with Crippen LogP contribution in [0.1, 0.15) is 42.5 Å². The zero-order valence-corrected chi connectivity index (χ0v) is 13.7. The Hall–Kier alpha value is -1.26. The summed E-state index contributed by atoms with van der Waals surface area (Å²) in [7, 11) is 4.21. The van der Waals surface area contributed by atoms with Crippen molar-refractivity contribution in [2.24, 2.45) is 0 Å². The van der Waals surface area contributed by atoms with Crippen LogP contribution in [0.2, 0.25) is 0 Å². The van der Waals surface area contributed by atoms with Gasteiger partial charge in [0, 0.05) is 17.8 Å². The number of hydrogen-bond donors (Lipinski definition) is 2. The number of rotatable bonds is 4. The third-order valence-corrected chi connectivity index (χ3v) is 4.52. The Bertz CT molecular complexity index is 470. The highest BCUT2D eigenvalue weighted by molar-refractivity contribution is 5.99. The molecule has 1 amide bonds. The molecule has 4 nitrogen and oxygen atoms in total. The van der Waals surface area contributed by atoms with Gasteiger partial charge in [-0.15, -0.1) is 12.4 Å². The van der Waals surface area contributed by atoms with Crippen LogP contribution < -0.4 is 11.1 Å². The van der Waals surface area contributed by atoms with Crippen molar-refractivity contribution in [2.75, 3.05) is 26.4 Å². The first kappa shape index (κ1) is 17.8. The summed E-state index contributed by atoms with van der Waals surface area (Å²) in [5.41, 5.74) is 7.05. The number of carbonyl (C=O) groups excluding carboxylic acids is 1. The number of nitrogens with one attached hydrogen (secondary N) is 1. The topological polar surface area (TPSA) is 58.4 Å². The minimum absolute atomic E-state index is 0. The van der Waals surface area contributed by atoms with Gasteiger partial charge in [0.1, 0.15) is 0 Å². The van der Waals surface area contributed by atoms with Crippen LogP contribution in [0.25, 0.3) is 0 Å². The standard InChI is InChI=1S/C16H25N3O.ClH/c1-19(2)16(10-6-3-7-11-16)12-18-15(20)13-8-4-5-9-14(13)17;/h4-5,8-9H,3,6-7,10-12,17H2,1-2H3,(H,18,20);1H. The number of nitrogen functional groups attached to an aromatic ring is 1. The third kappa shape index (κ3) is 4.11. The predicted octanol–water partition coefficient (Wildman–Crippen LogP) is 2.68. The maximum absolute atomic E-state index is 12.3. The van der Waals surface area contributed by atoms with Gasteiger partial charge in [-0.2, -0.15) is 0 Å². The van der Waals surface area contributed by atoms with Crippen molar-refractivity contribution in [1.29, 1.82) is 0 Å². The van der Waals surface area contributed by atoms with Crippen LogP contribution in [0, 0.1) is 0 Å². The van der Waals surface area contributed by atoms with E-state index in [1.807, 2.05) is 12.1 Å². The third-order valence-electron chi connectivity index (χ3n) is 4.52. The quantitative estimate of drug-likeness (QED) is 0.841. The van der Waals surface area contributed by atoms with Gasteiger partial charge in [0.05, 0.1) is 5.56 Å². The van der Waals surface area contributed by atoms with Gasteiger partial charge in [0.2, 0.25) is 0 Å². The number of amides is 1. The average Bonchev–Trinajstić information content (AvgIpc) is 2.46. The highest BCUT2D eigenvalue weighted by atomic mass is 35.5. The van der Waals surface area contributed by atoms with Crippen molar-refractivity contribution in [3.05, 3.63) is 29.8 Å². The SMILES string of the molecule is CN(C)C1(CNC(=O)c2ccccc2N)CCCCC1.Cl. The van der Waals surface area contributed by atoms with E-state index in [4.69, 9.17) is 5.73 Å². The number of anilines is 1. The molecular weight excluding hydrogens is 286 g/mol. The lowest BCUT2D eigenvalue weighted by Gasteiger charge is -2.43. The molecule has 1 aliphatic rings. The van der Waals surface area contributed by atoms with Crippen LogP contribution in [-0.2, 0) is 0 Å². The summed E-state index contributed by atoms with van der Waals surface area (Å²) >= 11 is 0. The molecular formula is C16H26ClN3O. The second kappa shape index (κ2) is 7.66. The number of nitrogens with zero attached hydrogens (tertiary/aromatic N) is 1. The van der Waals surface area contributed by atoms with Crippen LogP contribution in [-0.4, -0.2) is 37.0 Å². The van der Waals surface area contributed by atoms with Crippen LogP contribution >= 0.6 is 12.4 Å². The highest BCUT2D eigenvalue weighted by Crippen LogP contribution is 2.31. The van der Waals surface area contributed by atoms with Crippen molar-refractivity contribution in [1.82, 2.24) is 10.2 Å². The van der Waals surface area contributed by atoms with Crippen molar-refractivity contribution >= 4 is 24.0 Å². The molecule has 0 aliphatic heterocycles. The molecule has 1 aromatic carbocycles. The fraction of sp³-hybridized carbons (Fsp3) is 0.562. The van der Waals surface area contributed by atoms with Crippen molar-refractivity contribution < 1.29 is 4.79 Å². The second-order valence-electron chi connectivity index (χ2n) is 5.95. The first-order valence-corrected chi connectivity index (χ1v) is 7.35. The summed E-state index contributed by atoms with van der Waals surface area (Å²) in [6, 6.07) is 7.22. The minimum atomic E-state index is -0.0742. The zero-order chi connectivity index (χ0) is 14.6. The summed E-state index contributed by atoms with van der Waals surface area (Å²) in [4.78, 5) is 14.5. The van der Waals surface area contributed by atoms with Crippen LogP contribution in [0.3, 0.4) is 0 Å². The number of nitrogens with two attached hydrogens (primary N) is 1.